The van der Waals surface area contributed by atoms with Crippen LogP contribution in [0.2, 0.25) is 0 Å². The summed E-state index contributed by atoms with van der Waals surface area (Å²) in [5.41, 5.74) is 8.92. The fourth-order valence-corrected chi connectivity index (χ4v) is 4.45. The number of nitrogen functional groups attached to an aromatic ring is 1. The van der Waals surface area contributed by atoms with Crippen LogP contribution in [0.3, 0.4) is 0 Å². The molecule has 2 N–H and O–H groups in total. The van der Waals surface area contributed by atoms with Crippen LogP contribution in [0.5, 0.6) is 5.75 Å². The third-order valence-corrected chi connectivity index (χ3v) is 6.01. The molecule has 2 aromatic heterocycles. The summed E-state index contributed by atoms with van der Waals surface area (Å²) in [6, 6.07) is 6.08. The first-order valence-corrected chi connectivity index (χ1v) is 11.7. The topological polar surface area (TPSA) is 78.4 Å². The molecule has 3 aromatic rings. The average molecular weight is 426 g/mol. The Morgan fingerprint density at radius 3 is 2.58 bits per heavy atom. The van der Waals surface area contributed by atoms with Crippen molar-refractivity contribution in [2.45, 2.75) is 59.1 Å². The van der Waals surface area contributed by atoms with Crippen molar-refractivity contribution in [3.05, 3.63) is 24.0 Å². The second-order valence-electron chi connectivity index (χ2n) is 8.29. The molecule has 7 heteroatoms. The summed E-state index contributed by atoms with van der Waals surface area (Å²) >= 11 is 0. The van der Waals surface area contributed by atoms with E-state index in [1.807, 2.05) is 19.1 Å². The first kappa shape index (κ1) is 21.8. The predicted molar refractivity (Wildman–Crippen MR) is 125 cm³/mol. The maximum atomic E-state index is 6.28. The number of nitrogens with zero attached hydrogens (tertiary/aromatic N) is 4. The SMILES string of the molecule is CCCn1c(COCC)nc2c(N)nc3ccc(OCCN4CCCCCC4)cc3c21. The van der Waals surface area contributed by atoms with Crippen molar-refractivity contribution in [2.75, 3.05) is 38.6 Å². The minimum Gasteiger partial charge on any atom is -0.492 e. The fourth-order valence-electron chi connectivity index (χ4n) is 4.45. The van der Waals surface area contributed by atoms with Gasteiger partial charge in [0.1, 0.15) is 30.3 Å². The molecule has 168 valence electrons. The van der Waals surface area contributed by atoms with Gasteiger partial charge in [0.25, 0.3) is 0 Å². The van der Waals surface area contributed by atoms with E-state index in [-0.39, 0.29) is 0 Å². The van der Waals surface area contributed by atoms with Gasteiger partial charge in [-0.2, -0.15) is 0 Å². The van der Waals surface area contributed by atoms with E-state index in [1.165, 1.54) is 38.8 Å². The van der Waals surface area contributed by atoms with E-state index in [0.717, 1.165) is 53.0 Å². The Bertz CT molecular complexity index is 1010. The van der Waals surface area contributed by atoms with Gasteiger partial charge >= 0.3 is 0 Å². The van der Waals surface area contributed by atoms with Gasteiger partial charge < -0.3 is 19.8 Å². The maximum Gasteiger partial charge on any atom is 0.152 e. The van der Waals surface area contributed by atoms with Crippen molar-refractivity contribution < 1.29 is 9.47 Å². The van der Waals surface area contributed by atoms with Crippen LogP contribution in [-0.4, -0.2) is 52.3 Å². The Morgan fingerprint density at radius 1 is 1.03 bits per heavy atom. The smallest absolute Gasteiger partial charge is 0.152 e. The lowest BCUT2D eigenvalue weighted by atomic mass is 10.1. The largest absolute Gasteiger partial charge is 0.492 e. The predicted octanol–water partition coefficient (Wildman–Crippen LogP) is 4.37. The van der Waals surface area contributed by atoms with Crippen LogP contribution < -0.4 is 10.5 Å². The molecular weight excluding hydrogens is 390 g/mol. The van der Waals surface area contributed by atoms with E-state index in [2.05, 4.69) is 27.4 Å². The van der Waals surface area contributed by atoms with Gasteiger partial charge in [-0.3, -0.25) is 4.90 Å². The number of benzene rings is 1. The second-order valence-corrected chi connectivity index (χ2v) is 8.29. The number of ether oxygens (including phenoxy) is 2. The van der Waals surface area contributed by atoms with E-state index < -0.39 is 0 Å². The van der Waals surface area contributed by atoms with E-state index in [9.17, 15) is 0 Å². The normalized spacial score (nSPS) is 15.5. The van der Waals surface area contributed by atoms with Crippen LogP contribution in [0.15, 0.2) is 18.2 Å². The van der Waals surface area contributed by atoms with E-state index in [0.29, 0.717) is 25.6 Å². The number of hydrogen-bond donors (Lipinski definition) is 1. The molecule has 0 bridgehead atoms. The van der Waals surface area contributed by atoms with Gasteiger partial charge in [-0.25, -0.2) is 9.97 Å². The Morgan fingerprint density at radius 2 is 1.84 bits per heavy atom. The number of aromatic nitrogens is 3. The lowest BCUT2D eigenvalue weighted by Gasteiger charge is -2.19. The van der Waals surface area contributed by atoms with Gasteiger partial charge in [0, 0.05) is 25.1 Å². The summed E-state index contributed by atoms with van der Waals surface area (Å²) in [6.07, 6.45) is 6.30. The van der Waals surface area contributed by atoms with Crippen LogP contribution in [0.25, 0.3) is 21.9 Å². The number of pyridine rings is 1. The molecule has 4 rings (SSSR count). The Kier molecular flexibility index (Phi) is 7.25. The minimum atomic E-state index is 0.463. The van der Waals surface area contributed by atoms with E-state index in [1.54, 1.807) is 0 Å². The molecular formula is C24H35N5O2. The van der Waals surface area contributed by atoms with Crippen LogP contribution in [-0.2, 0) is 17.9 Å². The highest BCUT2D eigenvalue weighted by Gasteiger charge is 2.18. The average Bonchev–Trinajstić information content (AvgIpc) is 2.94. The highest BCUT2D eigenvalue weighted by atomic mass is 16.5. The van der Waals surface area contributed by atoms with Crippen LogP contribution in [0, 0.1) is 0 Å². The van der Waals surface area contributed by atoms with Crippen molar-refractivity contribution in [3.8, 4) is 5.75 Å². The fraction of sp³-hybridized carbons (Fsp3) is 0.583. The number of nitrogens with two attached hydrogens (primary N) is 1. The molecule has 0 aliphatic carbocycles. The standard InChI is InChI=1S/C24H35N5O2/c1-3-11-29-21(17-30-4-2)27-22-23(29)19-16-18(9-10-20(19)26-24(22)25)31-15-14-28-12-7-5-6-8-13-28/h9-10,16H,3-8,11-15,17H2,1-2H3,(H2,25,26). The maximum absolute atomic E-state index is 6.28. The molecule has 0 radical (unpaired) electrons. The second kappa shape index (κ2) is 10.3. The van der Waals surface area contributed by atoms with Crippen molar-refractivity contribution in [2.24, 2.45) is 0 Å². The van der Waals surface area contributed by atoms with Crippen LogP contribution in [0.4, 0.5) is 5.82 Å². The molecule has 0 amide bonds. The van der Waals surface area contributed by atoms with Gasteiger partial charge in [0.2, 0.25) is 0 Å². The summed E-state index contributed by atoms with van der Waals surface area (Å²) in [4.78, 5) is 11.9. The zero-order valence-corrected chi connectivity index (χ0v) is 18.9. The Labute approximate surface area is 184 Å². The molecule has 0 saturated carbocycles. The first-order chi connectivity index (χ1) is 15.2. The number of likely N-dealkylation sites (tertiary alicyclic amines) is 1. The number of aryl methyl sites for hydroxylation is 1. The van der Waals surface area contributed by atoms with Crippen molar-refractivity contribution >= 4 is 27.8 Å². The molecule has 1 fully saturated rings. The van der Waals surface area contributed by atoms with Gasteiger partial charge in [-0.05, 0) is 57.5 Å². The van der Waals surface area contributed by atoms with Crippen LogP contribution in [0.1, 0.15) is 51.8 Å². The molecule has 0 atom stereocenters. The first-order valence-electron chi connectivity index (χ1n) is 11.7. The Hall–Kier alpha value is -2.38. The lowest BCUT2D eigenvalue weighted by molar-refractivity contribution is 0.126. The number of anilines is 1. The van der Waals surface area contributed by atoms with Gasteiger partial charge in [-0.15, -0.1) is 0 Å². The number of hydrogen-bond acceptors (Lipinski definition) is 6. The Balaban J connectivity index is 1.62. The zero-order chi connectivity index (χ0) is 21.6. The zero-order valence-electron chi connectivity index (χ0n) is 18.9. The van der Waals surface area contributed by atoms with Gasteiger partial charge in [-0.1, -0.05) is 19.8 Å². The van der Waals surface area contributed by atoms with Crippen LogP contribution >= 0.6 is 0 Å². The third kappa shape index (κ3) is 4.93. The van der Waals surface area contributed by atoms with E-state index in [4.69, 9.17) is 20.2 Å². The van der Waals surface area contributed by atoms with Gasteiger partial charge in [0.15, 0.2) is 5.82 Å². The summed E-state index contributed by atoms with van der Waals surface area (Å²) < 4.78 is 14.0. The molecule has 7 nitrogen and oxygen atoms in total. The minimum absolute atomic E-state index is 0.463. The summed E-state index contributed by atoms with van der Waals surface area (Å²) in [6.45, 7) is 10.2. The molecule has 31 heavy (non-hydrogen) atoms. The lowest BCUT2D eigenvalue weighted by Crippen LogP contribution is -2.29. The molecule has 1 aromatic carbocycles. The quantitative estimate of drug-likeness (QED) is 0.548. The van der Waals surface area contributed by atoms with Crippen molar-refractivity contribution in [1.82, 2.24) is 19.4 Å². The molecule has 1 aliphatic rings. The summed E-state index contributed by atoms with van der Waals surface area (Å²) in [7, 11) is 0. The van der Waals surface area contributed by atoms with Gasteiger partial charge in [0.05, 0.1) is 11.0 Å². The number of rotatable bonds is 9. The molecule has 1 saturated heterocycles. The number of imidazole rings is 1. The van der Waals surface area contributed by atoms with E-state index >= 15 is 0 Å². The highest BCUT2D eigenvalue weighted by Crippen LogP contribution is 2.31. The van der Waals surface area contributed by atoms with Crippen molar-refractivity contribution in [1.29, 1.82) is 0 Å². The molecule has 1 aliphatic heterocycles. The molecule has 0 unspecified atom stereocenters. The highest BCUT2D eigenvalue weighted by molar-refractivity contribution is 6.07. The van der Waals surface area contributed by atoms with Crippen molar-refractivity contribution in [3.63, 3.8) is 0 Å². The monoisotopic (exact) mass is 425 g/mol. The third-order valence-electron chi connectivity index (χ3n) is 6.01. The molecule has 3 heterocycles. The molecule has 0 spiro atoms. The summed E-state index contributed by atoms with van der Waals surface area (Å²) in [5.74, 6) is 2.22. The number of fused-ring (bicyclic) bond motifs is 3. The summed E-state index contributed by atoms with van der Waals surface area (Å²) in [5, 5.41) is 1.03.